The Hall–Kier alpha value is -0.970. The van der Waals surface area contributed by atoms with Gasteiger partial charge in [-0.3, -0.25) is 4.99 Å². The molecule has 70 valence electrons. The van der Waals surface area contributed by atoms with Crippen LogP contribution in [0.3, 0.4) is 0 Å². The monoisotopic (exact) mass is 196 g/mol. The van der Waals surface area contributed by atoms with Crippen LogP contribution in [0, 0.1) is 12.8 Å². The molecule has 1 aromatic rings. The van der Waals surface area contributed by atoms with Gasteiger partial charge in [-0.2, -0.15) is 0 Å². The maximum atomic E-state index is 5.76. The van der Waals surface area contributed by atoms with Crippen molar-refractivity contribution in [3.05, 3.63) is 10.6 Å². The highest BCUT2D eigenvalue weighted by atomic mass is 32.1. The summed E-state index contributed by atoms with van der Waals surface area (Å²) in [6.45, 7) is 2.59. The molecule has 0 aromatic carbocycles. The van der Waals surface area contributed by atoms with E-state index < -0.39 is 0 Å². The molecule has 0 atom stereocenters. The van der Waals surface area contributed by atoms with Gasteiger partial charge in [0.25, 0.3) is 0 Å². The van der Waals surface area contributed by atoms with Crippen molar-refractivity contribution in [1.29, 1.82) is 0 Å². The van der Waals surface area contributed by atoms with Gasteiger partial charge in [0.05, 0.1) is 23.0 Å². The summed E-state index contributed by atoms with van der Waals surface area (Å²) in [5, 5.41) is 3.91. The van der Waals surface area contributed by atoms with Crippen LogP contribution in [0.1, 0.15) is 23.4 Å². The zero-order chi connectivity index (χ0) is 9.26. The number of hydrogen-bond acceptors (Lipinski definition) is 4. The predicted molar refractivity (Wildman–Crippen MR) is 52.7 cm³/mol. The molecule has 5 heteroatoms. The normalized spacial score (nSPS) is 17.8. The Bertz CT molecular complexity index is 327. The molecule has 0 aliphatic heterocycles. The molecule has 4 nitrogen and oxygen atoms in total. The van der Waals surface area contributed by atoms with Crippen LogP contribution in [0.25, 0.3) is 0 Å². The predicted octanol–water partition coefficient (Wildman–Crippen LogP) is 1.11. The van der Waals surface area contributed by atoms with Crippen molar-refractivity contribution in [1.82, 2.24) is 9.59 Å². The Labute approximate surface area is 81.0 Å². The molecule has 0 radical (unpaired) electrons. The lowest BCUT2D eigenvalue weighted by Crippen LogP contribution is -2.13. The van der Waals surface area contributed by atoms with Gasteiger partial charge in [-0.05, 0) is 31.3 Å². The van der Waals surface area contributed by atoms with E-state index in [4.69, 9.17) is 5.73 Å². The van der Waals surface area contributed by atoms with Gasteiger partial charge in [-0.25, -0.2) is 0 Å². The van der Waals surface area contributed by atoms with Gasteiger partial charge in [-0.15, -0.1) is 5.10 Å². The van der Waals surface area contributed by atoms with Gasteiger partial charge in [0.1, 0.15) is 0 Å². The average Bonchev–Trinajstić information content (AvgIpc) is 2.88. The zero-order valence-corrected chi connectivity index (χ0v) is 8.34. The first-order valence-electron chi connectivity index (χ1n) is 4.35. The lowest BCUT2D eigenvalue weighted by molar-refractivity contribution is 1.00. The number of amidine groups is 1. The van der Waals surface area contributed by atoms with Crippen LogP contribution in [-0.2, 0) is 6.54 Å². The number of hydrogen-bond donors (Lipinski definition) is 1. The molecule has 1 aromatic heterocycles. The fourth-order valence-electron chi connectivity index (χ4n) is 1.07. The van der Waals surface area contributed by atoms with Crippen LogP contribution in [-0.4, -0.2) is 15.4 Å². The molecule has 1 aliphatic carbocycles. The second-order valence-electron chi connectivity index (χ2n) is 3.30. The average molecular weight is 196 g/mol. The smallest absolute Gasteiger partial charge is 0.0972 e. The summed E-state index contributed by atoms with van der Waals surface area (Å²) in [5.74, 6) is 1.36. The highest BCUT2D eigenvalue weighted by Gasteiger charge is 2.25. The number of aliphatic imine (C=N–C) groups is 1. The van der Waals surface area contributed by atoms with Gasteiger partial charge in [-0.1, -0.05) is 4.49 Å². The van der Waals surface area contributed by atoms with Crippen molar-refractivity contribution in [3.63, 3.8) is 0 Å². The Balaban J connectivity index is 1.98. The second kappa shape index (κ2) is 3.41. The highest BCUT2D eigenvalue weighted by molar-refractivity contribution is 7.05. The fraction of sp³-hybridized carbons (Fsp3) is 0.625. The molecular weight excluding hydrogens is 184 g/mol. The number of aromatic nitrogens is 2. The summed E-state index contributed by atoms with van der Waals surface area (Å²) < 4.78 is 3.84. The third-order valence-corrected chi connectivity index (χ3v) is 2.95. The maximum Gasteiger partial charge on any atom is 0.0972 e. The molecular formula is C8H12N4S. The minimum Gasteiger partial charge on any atom is -0.387 e. The molecule has 0 bridgehead atoms. The quantitative estimate of drug-likeness (QED) is 0.582. The lowest BCUT2D eigenvalue weighted by atomic mass is 10.3. The first-order valence-corrected chi connectivity index (χ1v) is 5.12. The SMILES string of the molecule is Cc1nnsc1CN=C(N)C1CC1. The second-order valence-corrected chi connectivity index (χ2v) is 4.14. The van der Waals surface area contributed by atoms with Crippen molar-refractivity contribution >= 4 is 17.4 Å². The molecule has 1 aliphatic rings. The summed E-state index contributed by atoms with van der Waals surface area (Å²) in [7, 11) is 0. The summed E-state index contributed by atoms with van der Waals surface area (Å²) in [6, 6.07) is 0. The minimum absolute atomic E-state index is 0.557. The van der Waals surface area contributed by atoms with E-state index in [1.807, 2.05) is 6.92 Å². The maximum absolute atomic E-state index is 5.76. The van der Waals surface area contributed by atoms with E-state index in [-0.39, 0.29) is 0 Å². The molecule has 2 N–H and O–H groups in total. The van der Waals surface area contributed by atoms with Crippen LogP contribution in [0.2, 0.25) is 0 Å². The number of nitrogens with two attached hydrogens (primary N) is 1. The van der Waals surface area contributed by atoms with E-state index in [0.29, 0.717) is 12.5 Å². The van der Waals surface area contributed by atoms with E-state index in [2.05, 4.69) is 14.6 Å². The molecule has 0 saturated heterocycles. The molecule has 0 unspecified atom stereocenters. The molecule has 13 heavy (non-hydrogen) atoms. The molecule has 1 saturated carbocycles. The molecule has 1 heterocycles. The van der Waals surface area contributed by atoms with Crippen molar-refractivity contribution < 1.29 is 0 Å². The summed E-state index contributed by atoms with van der Waals surface area (Å²) >= 11 is 1.40. The Morgan fingerprint density at radius 2 is 2.46 bits per heavy atom. The number of nitrogens with zero attached hydrogens (tertiary/aromatic N) is 3. The first-order chi connectivity index (χ1) is 6.27. The Morgan fingerprint density at radius 1 is 1.69 bits per heavy atom. The van der Waals surface area contributed by atoms with Gasteiger partial charge < -0.3 is 5.73 Å². The topological polar surface area (TPSA) is 64.2 Å². The van der Waals surface area contributed by atoms with Crippen LogP contribution >= 0.6 is 11.5 Å². The summed E-state index contributed by atoms with van der Waals surface area (Å²) in [5.41, 5.74) is 6.73. The van der Waals surface area contributed by atoms with Crippen molar-refractivity contribution in [2.24, 2.45) is 16.6 Å². The van der Waals surface area contributed by atoms with Gasteiger partial charge in [0, 0.05) is 5.92 Å². The molecule has 0 amide bonds. The van der Waals surface area contributed by atoms with E-state index in [1.54, 1.807) is 0 Å². The van der Waals surface area contributed by atoms with Crippen molar-refractivity contribution in [2.45, 2.75) is 26.3 Å². The van der Waals surface area contributed by atoms with Gasteiger partial charge >= 0.3 is 0 Å². The first kappa shape index (κ1) is 8.62. The van der Waals surface area contributed by atoms with Gasteiger partial charge in [0.15, 0.2) is 0 Å². The van der Waals surface area contributed by atoms with Crippen molar-refractivity contribution in [2.75, 3.05) is 0 Å². The fourth-order valence-corrected chi connectivity index (χ4v) is 1.62. The third kappa shape index (κ3) is 2.03. The standard InChI is InChI=1S/C8H12N4S/c1-5-7(13-12-11-5)4-10-8(9)6-2-3-6/h6H,2-4H2,1H3,(H2,9,10). The lowest BCUT2D eigenvalue weighted by Gasteiger charge is -1.95. The summed E-state index contributed by atoms with van der Waals surface area (Å²) in [4.78, 5) is 5.43. The van der Waals surface area contributed by atoms with E-state index >= 15 is 0 Å². The highest BCUT2D eigenvalue weighted by Crippen LogP contribution is 2.29. The number of rotatable bonds is 3. The zero-order valence-electron chi connectivity index (χ0n) is 7.53. The van der Waals surface area contributed by atoms with Crippen molar-refractivity contribution in [3.8, 4) is 0 Å². The van der Waals surface area contributed by atoms with Gasteiger partial charge in [0.2, 0.25) is 0 Å². The van der Waals surface area contributed by atoms with Crippen LogP contribution < -0.4 is 5.73 Å². The Kier molecular flexibility index (Phi) is 2.26. The largest absolute Gasteiger partial charge is 0.387 e. The van der Waals surface area contributed by atoms with Crippen LogP contribution in [0.4, 0.5) is 0 Å². The third-order valence-electron chi connectivity index (χ3n) is 2.15. The number of aryl methyl sites for hydroxylation is 1. The van der Waals surface area contributed by atoms with Crippen LogP contribution in [0.5, 0.6) is 0 Å². The Morgan fingerprint density at radius 3 is 3.00 bits per heavy atom. The van der Waals surface area contributed by atoms with E-state index in [1.165, 1.54) is 24.4 Å². The molecule has 2 rings (SSSR count). The molecule has 1 fully saturated rings. The summed E-state index contributed by atoms with van der Waals surface area (Å²) in [6.07, 6.45) is 2.41. The van der Waals surface area contributed by atoms with E-state index in [0.717, 1.165) is 16.4 Å². The minimum atomic E-state index is 0.557. The van der Waals surface area contributed by atoms with E-state index in [9.17, 15) is 0 Å². The van der Waals surface area contributed by atoms with Crippen LogP contribution in [0.15, 0.2) is 4.99 Å². The molecule has 0 spiro atoms.